The molecule has 1 aromatic rings. The lowest BCUT2D eigenvalue weighted by Crippen LogP contribution is -2.30. The van der Waals surface area contributed by atoms with Gasteiger partial charge in [0.2, 0.25) is 0 Å². The molecule has 3 amide bonds. The number of hydrogen-bond donors (Lipinski definition) is 1. The van der Waals surface area contributed by atoms with Gasteiger partial charge >= 0.3 is 6.03 Å². The first-order valence-electron chi connectivity index (χ1n) is 5.92. The van der Waals surface area contributed by atoms with E-state index in [0.29, 0.717) is 5.69 Å². The smallest absolute Gasteiger partial charge is 0.328 e. The minimum absolute atomic E-state index is 0.0937. The predicted molar refractivity (Wildman–Crippen MR) is 65.9 cm³/mol. The zero-order valence-electron chi connectivity index (χ0n) is 9.90. The van der Waals surface area contributed by atoms with Gasteiger partial charge in [0.1, 0.15) is 0 Å². The number of aryl methyl sites for hydroxylation is 1. The number of carbonyl (C=O) groups excluding carboxylic acids is 2. The second kappa shape index (κ2) is 4.99. The SMILES string of the molecule is CCCCc1ccc(N2C(=O)CNC2=O)cc1. The van der Waals surface area contributed by atoms with Crippen LogP contribution in [0.15, 0.2) is 24.3 Å². The molecule has 1 aromatic carbocycles. The molecule has 17 heavy (non-hydrogen) atoms. The molecular weight excluding hydrogens is 216 g/mol. The summed E-state index contributed by atoms with van der Waals surface area (Å²) in [6.07, 6.45) is 3.36. The molecule has 0 spiro atoms. The van der Waals surface area contributed by atoms with Crippen LogP contribution in [0.5, 0.6) is 0 Å². The van der Waals surface area contributed by atoms with Gasteiger partial charge in [0.25, 0.3) is 5.91 Å². The van der Waals surface area contributed by atoms with Gasteiger partial charge in [0.15, 0.2) is 0 Å². The van der Waals surface area contributed by atoms with E-state index in [2.05, 4.69) is 12.2 Å². The molecular formula is C13H16N2O2. The summed E-state index contributed by atoms with van der Waals surface area (Å²) in [5, 5.41) is 2.50. The quantitative estimate of drug-likeness (QED) is 0.808. The Morgan fingerprint density at radius 2 is 1.94 bits per heavy atom. The Morgan fingerprint density at radius 1 is 1.24 bits per heavy atom. The number of imide groups is 1. The fraction of sp³-hybridized carbons (Fsp3) is 0.385. The zero-order valence-corrected chi connectivity index (χ0v) is 9.90. The van der Waals surface area contributed by atoms with Crippen LogP contribution in [-0.2, 0) is 11.2 Å². The van der Waals surface area contributed by atoms with Crippen LogP contribution in [-0.4, -0.2) is 18.5 Å². The highest BCUT2D eigenvalue weighted by molar-refractivity contribution is 6.19. The third-order valence-corrected chi connectivity index (χ3v) is 2.86. The average Bonchev–Trinajstić information content (AvgIpc) is 2.67. The van der Waals surface area contributed by atoms with Gasteiger partial charge in [-0.2, -0.15) is 0 Å². The monoisotopic (exact) mass is 232 g/mol. The van der Waals surface area contributed by atoms with Crippen molar-refractivity contribution >= 4 is 17.6 Å². The standard InChI is InChI=1S/C13H16N2O2/c1-2-3-4-10-5-7-11(8-6-10)15-12(16)9-14-13(15)17/h5-8H,2-4,9H2,1H3,(H,14,17). The molecule has 1 heterocycles. The Labute approximate surface area is 101 Å². The summed E-state index contributed by atoms with van der Waals surface area (Å²) in [6.45, 7) is 2.25. The highest BCUT2D eigenvalue weighted by Gasteiger charge is 2.29. The van der Waals surface area contributed by atoms with E-state index < -0.39 is 0 Å². The minimum atomic E-state index is -0.337. The van der Waals surface area contributed by atoms with Crippen molar-refractivity contribution in [2.45, 2.75) is 26.2 Å². The topological polar surface area (TPSA) is 49.4 Å². The molecule has 0 aromatic heterocycles. The van der Waals surface area contributed by atoms with E-state index in [4.69, 9.17) is 0 Å². The van der Waals surface area contributed by atoms with Crippen LogP contribution in [0.2, 0.25) is 0 Å². The van der Waals surface area contributed by atoms with Gasteiger partial charge < -0.3 is 5.32 Å². The first-order valence-corrected chi connectivity index (χ1v) is 5.92. The van der Waals surface area contributed by atoms with Crippen molar-refractivity contribution in [1.29, 1.82) is 0 Å². The number of urea groups is 1. The van der Waals surface area contributed by atoms with Crippen molar-refractivity contribution in [3.05, 3.63) is 29.8 Å². The summed E-state index contributed by atoms with van der Waals surface area (Å²) >= 11 is 0. The maximum atomic E-state index is 11.5. The molecule has 90 valence electrons. The van der Waals surface area contributed by atoms with Crippen LogP contribution >= 0.6 is 0 Å². The maximum Gasteiger partial charge on any atom is 0.329 e. The van der Waals surface area contributed by atoms with Crippen molar-refractivity contribution in [2.75, 3.05) is 11.4 Å². The number of benzene rings is 1. The minimum Gasteiger partial charge on any atom is -0.328 e. The van der Waals surface area contributed by atoms with Gasteiger partial charge in [-0.1, -0.05) is 25.5 Å². The molecule has 1 aliphatic rings. The normalized spacial score (nSPS) is 15.2. The third-order valence-electron chi connectivity index (χ3n) is 2.86. The highest BCUT2D eigenvalue weighted by atomic mass is 16.2. The van der Waals surface area contributed by atoms with Gasteiger partial charge in [0, 0.05) is 0 Å². The third kappa shape index (κ3) is 2.46. The molecule has 0 radical (unpaired) electrons. The number of rotatable bonds is 4. The Bertz CT molecular complexity index is 410. The van der Waals surface area contributed by atoms with Gasteiger partial charge in [-0.3, -0.25) is 4.79 Å². The average molecular weight is 232 g/mol. The van der Waals surface area contributed by atoms with Gasteiger partial charge in [-0.15, -0.1) is 0 Å². The number of amides is 3. The maximum absolute atomic E-state index is 11.5. The second-order valence-corrected chi connectivity index (χ2v) is 4.16. The highest BCUT2D eigenvalue weighted by Crippen LogP contribution is 2.18. The molecule has 0 aliphatic carbocycles. The lowest BCUT2D eigenvalue weighted by Gasteiger charge is -2.12. The number of nitrogens with one attached hydrogen (secondary N) is 1. The van der Waals surface area contributed by atoms with Crippen LogP contribution in [0.25, 0.3) is 0 Å². The van der Waals surface area contributed by atoms with Crippen LogP contribution in [0, 0.1) is 0 Å². The first kappa shape index (κ1) is 11.6. The number of unbranched alkanes of at least 4 members (excludes halogenated alkanes) is 1. The Balaban J connectivity index is 2.12. The molecule has 0 bridgehead atoms. The fourth-order valence-corrected chi connectivity index (χ4v) is 1.88. The van der Waals surface area contributed by atoms with E-state index in [1.54, 1.807) is 0 Å². The summed E-state index contributed by atoms with van der Waals surface area (Å²) in [6, 6.07) is 7.27. The first-order chi connectivity index (χ1) is 8.22. The van der Waals surface area contributed by atoms with E-state index in [9.17, 15) is 9.59 Å². The summed E-state index contributed by atoms with van der Waals surface area (Å²) in [4.78, 5) is 24.1. The summed E-state index contributed by atoms with van der Waals surface area (Å²) in [7, 11) is 0. The Morgan fingerprint density at radius 3 is 2.47 bits per heavy atom. The summed E-state index contributed by atoms with van der Waals surface area (Å²) in [5.74, 6) is -0.198. The van der Waals surface area contributed by atoms with Crippen LogP contribution < -0.4 is 10.2 Å². The van der Waals surface area contributed by atoms with Crippen molar-refractivity contribution in [2.24, 2.45) is 0 Å². The zero-order chi connectivity index (χ0) is 12.3. The van der Waals surface area contributed by atoms with Crippen LogP contribution in [0.1, 0.15) is 25.3 Å². The molecule has 1 saturated heterocycles. The number of carbonyl (C=O) groups is 2. The summed E-state index contributed by atoms with van der Waals surface area (Å²) in [5.41, 5.74) is 1.88. The molecule has 0 saturated carbocycles. The van der Waals surface area contributed by atoms with Gasteiger partial charge in [-0.25, -0.2) is 9.69 Å². The van der Waals surface area contributed by atoms with Crippen molar-refractivity contribution < 1.29 is 9.59 Å². The molecule has 4 nitrogen and oxygen atoms in total. The molecule has 4 heteroatoms. The largest absolute Gasteiger partial charge is 0.329 e. The molecule has 0 unspecified atom stereocenters. The number of nitrogens with zero attached hydrogens (tertiary/aromatic N) is 1. The molecule has 1 aliphatic heterocycles. The van der Waals surface area contributed by atoms with Crippen molar-refractivity contribution in [3.63, 3.8) is 0 Å². The van der Waals surface area contributed by atoms with E-state index in [1.807, 2.05) is 24.3 Å². The van der Waals surface area contributed by atoms with Crippen LogP contribution in [0.3, 0.4) is 0 Å². The van der Waals surface area contributed by atoms with Gasteiger partial charge in [0.05, 0.1) is 12.2 Å². The Kier molecular flexibility index (Phi) is 3.42. The molecule has 2 rings (SSSR count). The fourth-order valence-electron chi connectivity index (χ4n) is 1.88. The Hall–Kier alpha value is -1.84. The molecule has 1 fully saturated rings. The number of anilines is 1. The van der Waals surface area contributed by atoms with Gasteiger partial charge in [-0.05, 0) is 30.5 Å². The second-order valence-electron chi connectivity index (χ2n) is 4.16. The molecule has 0 atom stereocenters. The predicted octanol–water partition coefficient (Wildman–Crippen LogP) is 2.09. The van der Waals surface area contributed by atoms with Crippen molar-refractivity contribution in [3.8, 4) is 0 Å². The lowest BCUT2D eigenvalue weighted by atomic mass is 10.1. The van der Waals surface area contributed by atoms with E-state index in [1.165, 1.54) is 10.5 Å². The lowest BCUT2D eigenvalue weighted by molar-refractivity contribution is -0.115. The molecule has 1 N–H and O–H groups in total. The van der Waals surface area contributed by atoms with E-state index >= 15 is 0 Å². The van der Waals surface area contributed by atoms with E-state index in [0.717, 1.165) is 19.3 Å². The van der Waals surface area contributed by atoms with Crippen molar-refractivity contribution in [1.82, 2.24) is 5.32 Å². The summed E-state index contributed by atoms with van der Waals surface area (Å²) < 4.78 is 0. The van der Waals surface area contributed by atoms with E-state index in [-0.39, 0.29) is 18.5 Å². The number of hydrogen-bond acceptors (Lipinski definition) is 2. The van der Waals surface area contributed by atoms with Crippen LogP contribution in [0.4, 0.5) is 10.5 Å².